The van der Waals surface area contributed by atoms with E-state index in [4.69, 9.17) is 22.1 Å². The predicted molar refractivity (Wildman–Crippen MR) is 83.0 cm³/mol. The third-order valence-electron chi connectivity index (χ3n) is 3.09. The molecule has 0 aliphatic heterocycles. The van der Waals surface area contributed by atoms with Gasteiger partial charge in [0.05, 0.1) is 23.3 Å². The summed E-state index contributed by atoms with van der Waals surface area (Å²) in [5, 5.41) is -0.165. The Bertz CT molecular complexity index is 763. The van der Waals surface area contributed by atoms with Crippen molar-refractivity contribution in [3.8, 4) is 5.75 Å². The smallest absolute Gasteiger partial charge is 0.416 e. The van der Waals surface area contributed by atoms with Crippen LogP contribution >= 0.6 is 11.6 Å². The van der Waals surface area contributed by atoms with Crippen LogP contribution in [0, 0.1) is 0 Å². The standard InChI is InChI=1S/C16H13ClF3NO3/c1-23-15(22)10-4-9(5-12(21)6-10)8-24-14-3-2-11(7-13(14)17)16(18,19)20/h2-7H,8,21H2,1H3. The van der Waals surface area contributed by atoms with Gasteiger partial charge in [0.25, 0.3) is 0 Å². The van der Waals surface area contributed by atoms with Crippen LogP contribution in [-0.4, -0.2) is 13.1 Å². The van der Waals surface area contributed by atoms with Crippen LogP contribution in [-0.2, 0) is 17.5 Å². The van der Waals surface area contributed by atoms with E-state index < -0.39 is 17.7 Å². The highest BCUT2D eigenvalue weighted by Crippen LogP contribution is 2.35. The van der Waals surface area contributed by atoms with Gasteiger partial charge in [0.1, 0.15) is 12.4 Å². The van der Waals surface area contributed by atoms with Crippen LogP contribution in [0.3, 0.4) is 0 Å². The summed E-state index contributed by atoms with van der Waals surface area (Å²) in [5.74, 6) is -0.470. The van der Waals surface area contributed by atoms with Crippen molar-refractivity contribution in [3.05, 3.63) is 58.1 Å². The average Bonchev–Trinajstić information content (AvgIpc) is 2.51. The highest BCUT2D eigenvalue weighted by molar-refractivity contribution is 6.32. The van der Waals surface area contributed by atoms with Gasteiger partial charge < -0.3 is 15.2 Å². The van der Waals surface area contributed by atoms with Crippen molar-refractivity contribution in [1.82, 2.24) is 0 Å². The van der Waals surface area contributed by atoms with Crippen LogP contribution < -0.4 is 10.5 Å². The molecule has 128 valence electrons. The first-order chi connectivity index (χ1) is 11.2. The summed E-state index contributed by atoms with van der Waals surface area (Å²) in [7, 11) is 1.24. The SMILES string of the molecule is COC(=O)c1cc(N)cc(COc2ccc(C(F)(F)F)cc2Cl)c1. The number of benzene rings is 2. The zero-order valence-corrected chi connectivity index (χ0v) is 13.2. The molecule has 2 rings (SSSR count). The number of hydrogen-bond donors (Lipinski definition) is 1. The van der Waals surface area contributed by atoms with Crippen molar-refractivity contribution in [3.63, 3.8) is 0 Å². The monoisotopic (exact) mass is 359 g/mol. The van der Waals surface area contributed by atoms with Crippen molar-refractivity contribution in [2.45, 2.75) is 12.8 Å². The van der Waals surface area contributed by atoms with Gasteiger partial charge in [-0.25, -0.2) is 4.79 Å². The number of nitrogen functional groups attached to an aromatic ring is 1. The number of hydrogen-bond acceptors (Lipinski definition) is 4. The summed E-state index contributed by atoms with van der Waals surface area (Å²) >= 11 is 5.81. The van der Waals surface area contributed by atoms with Crippen molar-refractivity contribution in [2.75, 3.05) is 12.8 Å². The van der Waals surface area contributed by atoms with E-state index in [1.807, 2.05) is 0 Å². The first-order valence-corrected chi connectivity index (χ1v) is 7.06. The number of nitrogens with two attached hydrogens (primary N) is 1. The van der Waals surface area contributed by atoms with Crippen molar-refractivity contribution >= 4 is 23.3 Å². The minimum atomic E-state index is -4.48. The summed E-state index contributed by atoms with van der Waals surface area (Å²) in [5.41, 5.74) is 5.96. The van der Waals surface area contributed by atoms with Gasteiger partial charge in [0, 0.05) is 5.69 Å². The van der Waals surface area contributed by atoms with E-state index in [1.165, 1.54) is 19.2 Å². The van der Waals surface area contributed by atoms with Gasteiger partial charge in [0.2, 0.25) is 0 Å². The molecule has 2 aromatic carbocycles. The summed E-state index contributed by atoms with van der Waals surface area (Å²) in [6.07, 6.45) is -4.48. The van der Waals surface area contributed by atoms with Gasteiger partial charge in [-0.05, 0) is 42.0 Å². The number of halogens is 4. The normalized spacial score (nSPS) is 11.2. The molecule has 0 saturated carbocycles. The third kappa shape index (κ3) is 4.32. The number of alkyl halides is 3. The molecule has 0 aliphatic carbocycles. The molecule has 0 atom stereocenters. The minimum absolute atomic E-state index is 0.0277. The van der Waals surface area contributed by atoms with Gasteiger partial charge >= 0.3 is 12.1 Å². The highest BCUT2D eigenvalue weighted by atomic mass is 35.5. The van der Waals surface area contributed by atoms with Gasteiger partial charge in [-0.3, -0.25) is 0 Å². The van der Waals surface area contributed by atoms with Gasteiger partial charge in [-0.2, -0.15) is 13.2 Å². The molecule has 0 spiro atoms. The molecule has 2 aromatic rings. The Kier molecular flexibility index (Phi) is 5.23. The molecule has 0 heterocycles. The summed E-state index contributed by atoms with van der Waals surface area (Å²) in [6, 6.07) is 7.33. The van der Waals surface area contributed by atoms with Gasteiger partial charge in [-0.1, -0.05) is 11.6 Å². The Morgan fingerprint density at radius 1 is 1.21 bits per heavy atom. The van der Waals surface area contributed by atoms with Crippen LogP contribution in [0.25, 0.3) is 0 Å². The van der Waals surface area contributed by atoms with Crippen LogP contribution in [0.15, 0.2) is 36.4 Å². The molecular formula is C16H13ClF3NO3. The number of methoxy groups -OCH3 is 1. The predicted octanol–water partition coefficient (Wildman–Crippen LogP) is 4.31. The number of carbonyl (C=O) groups is 1. The van der Waals surface area contributed by atoms with E-state index in [-0.39, 0.29) is 22.9 Å². The minimum Gasteiger partial charge on any atom is -0.487 e. The van der Waals surface area contributed by atoms with Crippen molar-refractivity contribution in [1.29, 1.82) is 0 Å². The molecule has 0 amide bonds. The second-order valence-electron chi connectivity index (χ2n) is 4.89. The van der Waals surface area contributed by atoms with Crippen molar-refractivity contribution < 1.29 is 27.4 Å². The number of esters is 1. The fourth-order valence-corrected chi connectivity index (χ4v) is 2.23. The maximum absolute atomic E-state index is 12.6. The molecule has 0 bridgehead atoms. The Balaban J connectivity index is 2.17. The summed E-state index contributed by atoms with van der Waals surface area (Å²) < 4.78 is 47.8. The second kappa shape index (κ2) is 7.00. The Labute approximate surface area is 140 Å². The molecule has 4 nitrogen and oxygen atoms in total. The van der Waals surface area contributed by atoms with Gasteiger partial charge in [0.15, 0.2) is 0 Å². The zero-order chi connectivity index (χ0) is 17.9. The lowest BCUT2D eigenvalue weighted by Crippen LogP contribution is -2.06. The maximum atomic E-state index is 12.6. The maximum Gasteiger partial charge on any atom is 0.416 e. The molecule has 0 fully saturated rings. The van der Waals surface area contributed by atoms with Crippen LogP contribution in [0.4, 0.5) is 18.9 Å². The molecule has 0 aromatic heterocycles. The van der Waals surface area contributed by atoms with Crippen LogP contribution in [0.5, 0.6) is 5.75 Å². The molecule has 8 heteroatoms. The number of carbonyl (C=O) groups excluding carboxylic acids is 1. The highest BCUT2D eigenvalue weighted by Gasteiger charge is 2.31. The fraction of sp³-hybridized carbons (Fsp3) is 0.188. The fourth-order valence-electron chi connectivity index (χ4n) is 1.99. The lowest BCUT2D eigenvalue weighted by Gasteiger charge is -2.12. The Hall–Kier alpha value is -2.41. The first-order valence-electron chi connectivity index (χ1n) is 6.68. The second-order valence-corrected chi connectivity index (χ2v) is 5.29. The van der Waals surface area contributed by atoms with Crippen molar-refractivity contribution in [2.24, 2.45) is 0 Å². The Morgan fingerprint density at radius 2 is 1.92 bits per heavy atom. The van der Waals surface area contributed by atoms with Crippen LogP contribution in [0.1, 0.15) is 21.5 Å². The van der Waals surface area contributed by atoms with E-state index in [0.29, 0.717) is 11.3 Å². The van der Waals surface area contributed by atoms with E-state index in [0.717, 1.165) is 18.2 Å². The molecule has 0 aliphatic rings. The topological polar surface area (TPSA) is 61.5 Å². The molecule has 2 N–H and O–H groups in total. The summed E-state index contributed by atoms with van der Waals surface area (Å²) in [6.45, 7) is -0.0277. The molecule has 0 unspecified atom stereocenters. The molecule has 24 heavy (non-hydrogen) atoms. The molecule has 0 saturated heterocycles. The average molecular weight is 360 g/mol. The quantitative estimate of drug-likeness (QED) is 0.653. The van der Waals surface area contributed by atoms with E-state index in [2.05, 4.69) is 4.74 Å². The van der Waals surface area contributed by atoms with E-state index >= 15 is 0 Å². The summed E-state index contributed by atoms with van der Waals surface area (Å²) in [4.78, 5) is 11.5. The van der Waals surface area contributed by atoms with E-state index in [9.17, 15) is 18.0 Å². The van der Waals surface area contributed by atoms with Crippen LogP contribution in [0.2, 0.25) is 5.02 Å². The number of anilines is 1. The molecular weight excluding hydrogens is 347 g/mol. The number of rotatable bonds is 4. The third-order valence-corrected chi connectivity index (χ3v) is 3.39. The van der Waals surface area contributed by atoms with E-state index in [1.54, 1.807) is 6.07 Å². The lowest BCUT2D eigenvalue weighted by atomic mass is 10.1. The first kappa shape index (κ1) is 17.9. The van der Waals surface area contributed by atoms with Gasteiger partial charge in [-0.15, -0.1) is 0 Å². The number of ether oxygens (including phenoxy) is 2. The molecule has 0 radical (unpaired) electrons. The zero-order valence-electron chi connectivity index (χ0n) is 12.5. The largest absolute Gasteiger partial charge is 0.487 e. The lowest BCUT2D eigenvalue weighted by molar-refractivity contribution is -0.137. The Morgan fingerprint density at radius 3 is 2.50 bits per heavy atom.